The number of hydrogen-bond acceptors (Lipinski definition) is 6. The summed E-state index contributed by atoms with van der Waals surface area (Å²) in [5.41, 5.74) is 5.94. The van der Waals surface area contributed by atoms with Crippen molar-refractivity contribution >= 4 is 33.1 Å². The van der Waals surface area contributed by atoms with Crippen LogP contribution in [0.4, 0.5) is 10.1 Å². The highest BCUT2D eigenvalue weighted by molar-refractivity contribution is 7.16. The second-order valence-corrected chi connectivity index (χ2v) is 8.56. The molecule has 0 aliphatic heterocycles. The molecule has 2 aromatic carbocycles. The van der Waals surface area contributed by atoms with Crippen LogP contribution >= 0.6 is 11.3 Å². The van der Waals surface area contributed by atoms with E-state index in [-0.39, 0.29) is 18.0 Å². The molecule has 3 aromatic heterocycles. The molecule has 170 valence electrons. The zero-order chi connectivity index (χ0) is 23.7. The predicted octanol–water partition coefficient (Wildman–Crippen LogP) is 5.18. The van der Waals surface area contributed by atoms with Gasteiger partial charge in [0.05, 0.1) is 46.3 Å². The minimum absolute atomic E-state index is 0.0277. The zero-order valence-corrected chi connectivity index (χ0v) is 19.3. The monoisotopic (exact) mass is 473 g/mol. The molecule has 3 heterocycles. The molecule has 0 fully saturated rings. The van der Waals surface area contributed by atoms with Crippen molar-refractivity contribution < 1.29 is 13.9 Å². The largest absolute Gasteiger partial charge is 0.497 e. The Morgan fingerprint density at radius 2 is 2.03 bits per heavy atom. The van der Waals surface area contributed by atoms with E-state index in [9.17, 15) is 9.18 Å². The number of pyridine rings is 1. The van der Waals surface area contributed by atoms with E-state index in [1.54, 1.807) is 22.1 Å². The Balaban J connectivity index is 1.48. The van der Waals surface area contributed by atoms with Gasteiger partial charge in [-0.15, -0.1) is 11.3 Å². The molecule has 5 aromatic rings. The Morgan fingerprint density at radius 1 is 1.15 bits per heavy atom. The lowest BCUT2D eigenvalue weighted by Gasteiger charge is -2.08. The first-order chi connectivity index (χ1) is 16.5. The van der Waals surface area contributed by atoms with Crippen molar-refractivity contribution in [2.24, 2.45) is 0 Å². The number of ether oxygens (including phenoxy) is 1. The number of nitrogens with zero attached hydrogens (tertiary/aromatic N) is 4. The summed E-state index contributed by atoms with van der Waals surface area (Å²) in [7, 11) is 1.46. The topological polar surface area (TPSA) is 81.9 Å². The number of aromatic nitrogens is 4. The van der Waals surface area contributed by atoms with E-state index in [0.29, 0.717) is 17.3 Å². The molecular formula is C25H20FN5O2S. The third kappa shape index (κ3) is 4.38. The highest BCUT2D eigenvalue weighted by atomic mass is 32.1. The number of carbonyl (C=O) groups is 1. The van der Waals surface area contributed by atoms with Crippen molar-refractivity contribution in [2.45, 2.75) is 13.3 Å². The van der Waals surface area contributed by atoms with Crippen molar-refractivity contribution in [1.29, 1.82) is 0 Å². The van der Waals surface area contributed by atoms with Crippen LogP contribution in [0.25, 0.3) is 27.3 Å². The van der Waals surface area contributed by atoms with Gasteiger partial charge in [-0.05, 0) is 49.4 Å². The smallest absolute Gasteiger partial charge is 0.230 e. The number of thiazole rings is 1. The second kappa shape index (κ2) is 9.03. The van der Waals surface area contributed by atoms with Crippen molar-refractivity contribution in [3.05, 3.63) is 83.4 Å². The van der Waals surface area contributed by atoms with Gasteiger partial charge in [-0.1, -0.05) is 12.1 Å². The Hall–Kier alpha value is -4.11. The first-order valence-electron chi connectivity index (χ1n) is 10.5. The summed E-state index contributed by atoms with van der Waals surface area (Å²) in [6.45, 7) is 1.91. The second-order valence-electron chi connectivity index (χ2n) is 7.68. The van der Waals surface area contributed by atoms with Crippen LogP contribution < -0.4 is 10.1 Å². The lowest BCUT2D eigenvalue weighted by molar-refractivity contribution is -0.115. The minimum Gasteiger partial charge on any atom is -0.497 e. The Bertz CT molecular complexity index is 1510. The van der Waals surface area contributed by atoms with Crippen LogP contribution in [-0.4, -0.2) is 32.8 Å². The van der Waals surface area contributed by atoms with Crippen molar-refractivity contribution in [1.82, 2.24) is 19.7 Å². The van der Waals surface area contributed by atoms with Crippen LogP contribution in [-0.2, 0) is 11.2 Å². The van der Waals surface area contributed by atoms with Gasteiger partial charge >= 0.3 is 0 Å². The van der Waals surface area contributed by atoms with Crippen LogP contribution in [0, 0.1) is 12.7 Å². The van der Waals surface area contributed by atoms with Gasteiger partial charge in [0.15, 0.2) is 5.82 Å². The molecule has 0 atom stereocenters. The van der Waals surface area contributed by atoms with Crippen molar-refractivity contribution in [3.8, 4) is 22.8 Å². The molecule has 7 nitrogen and oxygen atoms in total. The molecule has 5 rings (SSSR count). The molecule has 0 bridgehead atoms. The maximum absolute atomic E-state index is 14.3. The lowest BCUT2D eigenvalue weighted by Crippen LogP contribution is -2.16. The summed E-state index contributed by atoms with van der Waals surface area (Å²) in [5.74, 6) is 0.0748. The molecule has 34 heavy (non-hydrogen) atoms. The van der Waals surface area contributed by atoms with Crippen LogP contribution in [0.5, 0.6) is 5.75 Å². The van der Waals surface area contributed by atoms with E-state index >= 15 is 0 Å². The minimum atomic E-state index is -0.569. The molecule has 0 unspecified atom stereocenters. The highest BCUT2D eigenvalue weighted by Gasteiger charge is 2.17. The number of rotatable bonds is 6. The summed E-state index contributed by atoms with van der Waals surface area (Å²) in [6.07, 6.45) is -0.0277. The third-order valence-corrected chi connectivity index (χ3v) is 6.06. The lowest BCUT2D eigenvalue weighted by atomic mass is 10.1. The quantitative estimate of drug-likeness (QED) is 0.367. The number of anilines is 1. The number of carbonyl (C=O) groups excluding carboxylic acids is 1. The molecule has 0 saturated carbocycles. The van der Waals surface area contributed by atoms with Crippen LogP contribution in [0.2, 0.25) is 0 Å². The maximum atomic E-state index is 14.3. The fourth-order valence-corrected chi connectivity index (χ4v) is 4.36. The number of nitrogens with one attached hydrogen (secondary N) is 1. The number of hydrogen-bond donors (Lipinski definition) is 1. The van der Waals surface area contributed by atoms with Crippen LogP contribution in [0.1, 0.15) is 11.4 Å². The Morgan fingerprint density at radius 3 is 2.82 bits per heavy atom. The summed E-state index contributed by atoms with van der Waals surface area (Å²) < 4.78 is 22.0. The number of methoxy groups -OCH3 is 1. The predicted molar refractivity (Wildman–Crippen MR) is 130 cm³/mol. The molecular weight excluding hydrogens is 453 g/mol. The molecule has 9 heteroatoms. The summed E-state index contributed by atoms with van der Waals surface area (Å²) >= 11 is 1.56. The number of aryl methyl sites for hydroxylation is 1. The molecule has 1 amide bonds. The summed E-state index contributed by atoms with van der Waals surface area (Å²) in [4.78, 5) is 21.6. The molecule has 0 aliphatic rings. The number of halogens is 1. The van der Waals surface area contributed by atoms with E-state index in [1.165, 1.54) is 19.2 Å². The average Bonchev–Trinajstić information content (AvgIpc) is 3.47. The van der Waals surface area contributed by atoms with Gasteiger partial charge in [0, 0.05) is 17.3 Å². The van der Waals surface area contributed by atoms with Crippen LogP contribution in [0.3, 0.4) is 0 Å². The standard InChI is InChI=1S/C25H20FN5O2S/c1-15-4-3-5-24(28-15)31-22(16-6-8-21-23(10-16)34-14-27-21)11-17(30-31)12-25(32)29-20-9-7-18(33-2)13-19(20)26/h3-11,13-14H,12H2,1-2H3,(H,29,32). The van der Waals surface area contributed by atoms with Gasteiger partial charge in [-0.25, -0.2) is 19.0 Å². The van der Waals surface area contributed by atoms with Gasteiger partial charge in [0.2, 0.25) is 5.91 Å². The van der Waals surface area contributed by atoms with E-state index in [1.807, 2.05) is 54.9 Å². The van der Waals surface area contributed by atoms with Gasteiger partial charge in [0.1, 0.15) is 11.6 Å². The highest BCUT2D eigenvalue weighted by Crippen LogP contribution is 2.29. The van der Waals surface area contributed by atoms with Gasteiger partial charge in [0.25, 0.3) is 0 Å². The van der Waals surface area contributed by atoms with E-state index in [0.717, 1.165) is 27.2 Å². The fourth-order valence-electron chi connectivity index (χ4n) is 3.64. The Kier molecular flexibility index (Phi) is 5.77. The van der Waals surface area contributed by atoms with Crippen molar-refractivity contribution in [3.63, 3.8) is 0 Å². The van der Waals surface area contributed by atoms with Gasteiger partial charge in [-0.3, -0.25) is 4.79 Å². The van der Waals surface area contributed by atoms with E-state index in [2.05, 4.69) is 20.4 Å². The van der Waals surface area contributed by atoms with Gasteiger partial charge in [-0.2, -0.15) is 5.10 Å². The SMILES string of the molecule is COc1ccc(NC(=O)Cc2cc(-c3ccc4ncsc4c3)n(-c3cccc(C)n3)n2)c(F)c1. The van der Waals surface area contributed by atoms with Crippen molar-refractivity contribution in [2.75, 3.05) is 12.4 Å². The summed E-state index contributed by atoms with van der Waals surface area (Å²) in [6, 6.07) is 17.8. The molecule has 0 saturated heterocycles. The fraction of sp³-hybridized carbons (Fsp3) is 0.120. The third-order valence-electron chi connectivity index (χ3n) is 5.27. The molecule has 1 N–H and O–H groups in total. The molecule has 0 radical (unpaired) electrons. The number of amides is 1. The maximum Gasteiger partial charge on any atom is 0.230 e. The average molecular weight is 474 g/mol. The first-order valence-corrected chi connectivity index (χ1v) is 11.4. The normalized spacial score (nSPS) is 11.0. The van der Waals surface area contributed by atoms with Crippen LogP contribution in [0.15, 0.2) is 66.2 Å². The van der Waals surface area contributed by atoms with E-state index < -0.39 is 5.82 Å². The number of benzene rings is 2. The molecule has 0 spiro atoms. The van der Waals surface area contributed by atoms with E-state index in [4.69, 9.17) is 4.74 Å². The Labute approximate surface area is 198 Å². The summed E-state index contributed by atoms with van der Waals surface area (Å²) in [5, 5.41) is 7.27. The number of fused-ring (bicyclic) bond motifs is 1. The molecule has 0 aliphatic carbocycles. The van der Waals surface area contributed by atoms with Gasteiger partial charge < -0.3 is 10.1 Å². The first kappa shape index (κ1) is 21.7. The zero-order valence-electron chi connectivity index (χ0n) is 18.4.